The third kappa shape index (κ3) is 3.48. The zero-order valence-corrected chi connectivity index (χ0v) is 13.0. The molecule has 20 heavy (non-hydrogen) atoms. The molecule has 0 amide bonds. The molecular weight excluding hydrogens is 246 g/mol. The van der Waals surface area contributed by atoms with Crippen molar-refractivity contribution in [3.05, 3.63) is 53.1 Å². The highest BCUT2D eigenvalue weighted by atomic mass is 15.1. The molecule has 3 heteroatoms. The van der Waals surface area contributed by atoms with E-state index in [-0.39, 0.29) is 0 Å². The van der Waals surface area contributed by atoms with E-state index in [0.717, 1.165) is 19.5 Å². The number of hydrogen-bond acceptors (Lipinski definition) is 2. The van der Waals surface area contributed by atoms with Crippen LogP contribution in [0.1, 0.15) is 48.7 Å². The fraction of sp³-hybridized carbons (Fsp3) is 0.471. The Balaban J connectivity index is 2.03. The first-order chi connectivity index (χ1) is 9.61. The fourth-order valence-corrected chi connectivity index (χ4v) is 2.53. The summed E-state index contributed by atoms with van der Waals surface area (Å²) in [6, 6.07) is 6.99. The van der Waals surface area contributed by atoms with Gasteiger partial charge in [-0.1, -0.05) is 30.7 Å². The smallest absolute Gasteiger partial charge is 0.0948 e. The van der Waals surface area contributed by atoms with Crippen LogP contribution in [0.2, 0.25) is 0 Å². The van der Waals surface area contributed by atoms with Crippen LogP contribution in [0, 0.1) is 13.8 Å². The van der Waals surface area contributed by atoms with Gasteiger partial charge in [-0.2, -0.15) is 0 Å². The van der Waals surface area contributed by atoms with Crippen LogP contribution in [0.3, 0.4) is 0 Å². The monoisotopic (exact) mass is 271 g/mol. The summed E-state index contributed by atoms with van der Waals surface area (Å²) < 4.78 is 2.23. The standard InChI is InChI=1S/C17H25N3/c1-5-8-20-12-18-10-16(20)11-19-15(4)17-9-13(2)6-7-14(17)3/h6-7,9-10,12,15,19H,5,8,11H2,1-4H3. The van der Waals surface area contributed by atoms with Gasteiger partial charge in [0, 0.05) is 25.3 Å². The molecule has 2 aromatic rings. The molecule has 0 bridgehead atoms. The van der Waals surface area contributed by atoms with Crippen LogP contribution in [0.5, 0.6) is 0 Å². The molecule has 1 unspecified atom stereocenters. The minimum Gasteiger partial charge on any atom is -0.333 e. The lowest BCUT2D eigenvalue weighted by atomic mass is 10.00. The van der Waals surface area contributed by atoms with E-state index >= 15 is 0 Å². The van der Waals surface area contributed by atoms with Crippen molar-refractivity contribution in [2.45, 2.75) is 53.2 Å². The van der Waals surface area contributed by atoms with Crippen molar-refractivity contribution in [2.24, 2.45) is 0 Å². The third-order valence-corrected chi connectivity index (χ3v) is 3.75. The van der Waals surface area contributed by atoms with Crippen molar-refractivity contribution in [2.75, 3.05) is 0 Å². The maximum Gasteiger partial charge on any atom is 0.0948 e. The minimum absolute atomic E-state index is 0.347. The van der Waals surface area contributed by atoms with E-state index in [2.05, 4.69) is 60.8 Å². The number of benzene rings is 1. The topological polar surface area (TPSA) is 29.9 Å². The average Bonchev–Trinajstić information content (AvgIpc) is 2.87. The maximum absolute atomic E-state index is 4.25. The van der Waals surface area contributed by atoms with Crippen molar-refractivity contribution in [1.82, 2.24) is 14.9 Å². The Morgan fingerprint density at radius 3 is 2.85 bits per heavy atom. The summed E-state index contributed by atoms with van der Waals surface area (Å²) in [4.78, 5) is 4.25. The number of nitrogens with one attached hydrogen (secondary N) is 1. The van der Waals surface area contributed by atoms with E-state index in [0.29, 0.717) is 6.04 Å². The van der Waals surface area contributed by atoms with Gasteiger partial charge in [-0.25, -0.2) is 4.98 Å². The molecule has 1 atom stereocenters. The van der Waals surface area contributed by atoms with E-state index in [1.807, 2.05) is 12.5 Å². The van der Waals surface area contributed by atoms with Gasteiger partial charge in [-0.15, -0.1) is 0 Å². The van der Waals surface area contributed by atoms with Crippen molar-refractivity contribution in [3.8, 4) is 0 Å². The van der Waals surface area contributed by atoms with Gasteiger partial charge < -0.3 is 9.88 Å². The number of hydrogen-bond donors (Lipinski definition) is 1. The summed E-state index contributed by atoms with van der Waals surface area (Å²) in [6.45, 7) is 10.6. The maximum atomic E-state index is 4.25. The molecule has 1 aromatic carbocycles. The Morgan fingerprint density at radius 1 is 1.30 bits per heavy atom. The molecule has 1 aromatic heterocycles. The van der Waals surface area contributed by atoms with Crippen LogP contribution in [-0.2, 0) is 13.1 Å². The normalized spacial score (nSPS) is 12.6. The number of aromatic nitrogens is 2. The predicted molar refractivity (Wildman–Crippen MR) is 83.7 cm³/mol. The van der Waals surface area contributed by atoms with Gasteiger partial charge in [-0.05, 0) is 38.3 Å². The molecule has 0 saturated heterocycles. The summed E-state index contributed by atoms with van der Waals surface area (Å²) in [7, 11) is 0. The minimum atomic E-state index is 0.347. The van der Waals surface area contributed by atoms with Crippen molar-refractivity contribution < 1.29 is 0 Å². The highest BCUT2D eigenvalue weighted by molar-refractivity contribution is 5.32. The molecule has 0 saturated carbocycles. The lowest BCUT2D eigenvalue weighted by molar-refractivity contribution is 0.540. The van der Waals surface area contributed by atoms with Crippen LogP contribution in [-0.4, -0.2) is 9.55 Å². The van der Waals surface area contributed by atoms with Gasteiger partial charge in [0.2, 0.25) is 0 Å². The first-order valence-corrected chi connectivity index (χ1v) is 7.41. The number of imidazole rings is 1. The van der Waals surface area contributed by atoms with Gasteiger partial charge in [0.05, 0.1) is 12.0 Å². The zero-order chi connectivity index (χ0) is 14.5. The quantitative estimate of drug-likeness (QED) is 0.867. The second kappa shape index (κ2) is 6.71. The Morgan fingerprint density at radius 2 is 2.10 bits per heavy atom. The largest absolute Gasteiger partial charge is 0.333 e. The summed E-state index contributed by atoms with van der Waals surface area (Å²) in [5.41, 5.74) is 5.29. The highest BCUT2D eigenvalue weighted by Crippen LogP contribution is 2.19. The molecular formula is C17H25N3. The van der Waals surface area contributed by atoms with Crippen LogP contribution in [0.15, 0.2) is 30.7 Å². The van der Waals surface area contributed by atoms with E-state index in [9.17, 15) is 0 Å². The number of aryl methyl sites for hydroxylation is 3. The Bertz CT molecular complexity index is 557. The van der Waals surface area contributed by atoms with Gasteiger partial charge >= 0.3 is 0 Å². The van der Waals surface area contributed by atoms with E-state index in [1.165, 1.54) is 22.4 Å². The van der Waals surface area contributed by atoms with Crippen molar-refractivity contribution >= 4 is 0 Å². The Hall–Kier alpha value is -1.61. The average molecular weight is 271 g/mol. The van der Waals surface area contributed by atoms with Gasteiger partial charge in [0.25, 0.3) is 0 Å². The summed E-state index contributed by atoms with van der Waals surface area (Å²) in [5, 5.41) is 3.61. The highest BCUT2D eigenvalue weighted by Gasteiger charge is 2.09. The summed E-state index contributed by atoms with van der Waals surface area (Å²) in [5.74, 6) is 0. The molecule has 0 radical (unpaired) electrons. The SMILES string of the molecule is CCCn1cncc1CNC(C)c1cc(C)ccc1C. The molecule has 1 heterocycles. The summed E-state index contributed by atoms with van der Waals surface area (Å²) in [6.07, 6.45) is 5.01. The first-order valence-electron chi connectivity index (χ1n) is 7.41. The molecule has 0 aliphatic carbocycles. The van der Waals surface area contributed by atoms with Crippen molar-refractivity contribution in [3.63, 3.8) is 0 Å². The Kier molecular flexibility index (Phi) is 4.96. The van der Waals surface area contributed by atoms with E-state index in [1.54, 1.807) is 0 Å². The second-order valence-corrected chi connectivity index (χ2v) is 5.54. The van der Waals surface area contributed by atoms with Crippen LogP contribution in [0.4, 0.5) is 0 Å². The lowest BCUT2D eigenvalue weighted by Gasteiger charge is -2.18. The molecule has 3 nitrogen and oxygen atoms in total. The van der Waals surface area contributed by atoms with Gasteiger partial charge in [-0.3, -0.25) is 0 Å². The first kappa shape index (κ1) is 14.8. The molecule has 0 spiro atoms. The summed E-state index contributed by atoms with van der Waals surface area (Å²) >= 11 is 0. The number of nitrogens with zero attached hydrogens (tertiary/aromatic N) is 2. The van der Waals surface area contributed by atoms with Crippen molar-refractivity contribution in [1.29, 1.82) is 0 Å². The number of rotatable bonds is 6. The molecule has 108 valence electrons. The van der Waals surface area contributed by atoms with Gasteiger partial charge in [0.1, 0.15) is 0 Å². The second-order valence-electron chi connectivity index (χ2n) is 5.54. The Labute approximate surface area is 122 Å². The molecule has 0 aliphatic rings. The van der Waals surface area contributed by atoms with Crippen LogP contribution >= 0.6 is 0 Å². The van der Waals surface area contributed by atoms with E-state index < -0.39 is 0 Å². The molecule has 0 aliphatic heterocycles. The lowest BCUT2D eigenvalue weighted by Crippen LogP contribution is -2.20. The third-order valence-electron chi connectivity index (χ3n) is 3.75. The van der Waals surface area contributed by atoms with Crippen LogP contribution in [0.25, 0.3) is 0 Å². The zero-order valence-electron chi connectivity index (χ0n) is 13.0. The predicted octanol–water partition coefficient (Wildman–Crippen LogP) is 3.76. The van der Waals surface area contributed by atoms with Crippen LogP contribution < -0.4 is 5.32 Å². The fourth-order valence-electron chi connectivity index (χ4n) is 2.53. The molecule has 0 fully saturated rings. The molecule has 2 rings (SSSR count). The van der Waals surface area contributed by atoms with E-state index in [4.69, 9.17) is 0 Å². The van der Waals surface area contributed by atoms with Gasteiger partial charge in [0.15, 0.2) is 0 Å². The molecule has 1 N–H and O–H groups in total.